The maximum absolute atomic E-state index is 12.6. The topological polar surface area (TPSA) is 46.0 Å². The summed E-state index contributed by atoms with van der Waals surface area (Å²) in [5.41, 5.74) is 3.50. The van der Waals surface area contributed by atoms with Crippen LogP contribution in [0.3, 0.4) is 0 Å². The van der Waals surface area contributed by atoms with Crippen molar-refractivity contribution in [3.8, 4) is 5.75 Å². The van der Waals surface area contributed by atoms with Crippen LogP contribution in [-0.4, -0.2) is 46.2 Å². The monoisotopic (exact) mass is 396 g/mol. The summed E-state index contributed by atoms with van der Waals surface area (Å²) < 4.78 is 5.47. The molecule has 2 N–H and O–H groups in total. The van der Waals surface area contributed by atoms with Crippen LogP contribution in [0.1, 0.15) is 36.9 Å². The predicted molar refractivity (Wildman–Crippen MR) is 118 cm³/mol. The van der Waals surface area contributed by atoms with Gasteiger partial charge in [0.15, 0.2) is 0 Å². The summed E-state index contributed by atoms with van der Waals surface area (Å²) in [6.45, 7) is 5.64. The van der Waals surface area contributed by atoms with Gasteiger partial charge in [-0.05, 0) is 36.8 Å². The number of hydrogen-bond acceptors (Lipinski definition) is 3. The number of hydrogen-bond donors (Lipinski definition) is 2. The van der Waals surface area contributed by atoms with Gasteiger partial charge < -0.3 is 19.9 Å². The van der Waals surface area contributed by atoms with Crippen LogP contribution in [-0.2, 0) is 11.2 Å². The molecule has 0 unspecified atom stereocenters. The third kappa shape index (κ3) is 5.97. The zero-order chi connectivity index (χ0) is 20.6. The van der Waals surface area contributed by atoms with E-state index in [1.54, 1.807) is 4.90 Å². The summed E-state index contributed by atoms with van der Waals surface area (Å²) in [5.74, 6) is 0.915. The Morgan fingerprint density at radius 3 is 2.31 bits per heavy atom. The molecule has 1 fully saturated rings. The fourth-order valence-electron chi connectivity index (χ4n) is 4.01. The van der Waals surface area contributed by atoms with E-state index in [9.17, 15) is 4.79 Å². The lowest BCUT2D eigenvalue weighted by atomic mass is 10.0. The van der Waals surface area contributed by atoms with Gasteiger partial charge in [0.1, 0.15) is 11.8 Å². The number of benzene rings is 2. The zero-order valence-electron chi connectivity index (χ0n) is 17.9. The lowest BCUT2D eigenvalue weighted by molar-refractivity contribution is -0.918. The lowest BCUT2D eigenvalue weighted by Gasteiger charge is -2.26. The number of amides is 1. The molecule has 0 saturated carbocycles. The molecular weight excluding hydrogens is 362 g/mol. The summed E-state index contributed by atoms with van der Waals surface area (Å²) in [5, 5.41) is 3.18. The largest absolute Gasteiger partial charge is 0.494 e. The minimum absolute atomic E-state index is 0.0719. The predicted octanol–water partition coefficient (Wildman–Crippen LogP) is 2.23. The van der Waals surface area contributed by atoms with E-state index in [0.29, 0.717) is 25.6 Å². The van der Waals surface area contributed by atoms with E-state index >= 15 is 0 Å². The Kier molecular flexibility index (Phi) is 7.53. The van der Waals surface area contributed by atoms with Crippen molar-refractivity contribution in [2.45, 2.75) is 32.2 Å². The van der Waals surface area contributed by atoms with E-state index in [1.807, 2.05) is 31.2 Å². The Balaban J connectivity index is 1.61. The quantitative estimate of drug-likeness (QED) is 0.683. The molecule has 1 atom stereocenters. The van der Waals surface area contributed by atoms with Gasteiger partial charge in [0.2, 0.25) is 5.91 Å². The van der Waals surface area contributed by atoms with Crippen molar-refractivity contribution in [3.05, 3.63) is 59.7 Å². The maximum atomic E-state index is 12.6. The Hall–Kier alpha value is -2.53. The number of likely N-dealkylation sites (tertiary alicyclic amines) is 1. The normalized spacial score (nSPS) is 15.1. The van der Waals surface area contributed by atoms with Crippen LogP contribution in [0.25, 0.3) is 0 Å². The summed E-state index contributed by atoms with van der Waals surface area (Å²) in [6, 6.07) is 16.8. The molecule has 2 aromatic carbocycles. The maximum Gasteiger partial charge on any atom is 0.224 e. The van der Waals surface area contributed by atoms with Crippen LogP contribution in [0.4, 0.5) is 5.69 Å². The van der Waals surface area contributed by atoms with Gasteiger partial charge in [0.05, 0.1) is 32.7 Å². The fraction of sp³-hybridized carbons (Fsp3) is 0.458. The van der Waals surface area contributed by atoms with Crippen molar-refractivity contribution in [2.75, 3.05) is 45.2 Å². The molecule has 156 valence electrons. The first-order valence-corrected chi connectivity index (χ1v) is 10.7. The summed E-state index contributed by atoms with van der Waals surface area (Å²) in [7, 11) is 4.11. The summed E-state index contributed by atoms with van der Waals surface area (Å²) in [4.78, 5) is 16.2. The first kappa shape index (κ1) is 21.2. The number of rotatable bonds is 9. The molecule has 3 rings (SSSR count). The molecule has 5 heteroatoms. The lowest BCUT2D eigenvalue weighted by Crippen LogP contribution is -3.11. The molecule has 0 aromatic heterocycles. The third-order valence-corrected chi connectivity index (χ3v) is 5.65. The Labute approximate surface area is 174 Å². The molecule has 1 saturated heterocycles. The number of nitrogens with zero attached hydrogens (tertiary/aromatic N) is 1. The number of carbonyl (C=O) groups is 1. The molecule has 1 heterocycles. The first-order valence-electron chi connectivity index (χ1n) is 10.7. The minimum atomic E-state index is 0.0719. The number of anilines is 1. The second-order valence-electron chi connectivity index (χ2n) is 7.96. The fourth-order valence-corrected chi connectivity index (χ4v) is 4.01. The molecule has 2 aromatic rings. The number of ether oxygens (including phenoxy) is 1. The van der Waals surface area contributed by atoms with Gasteiger partial charge in [0, 0.05) is 38.2 Å². The van der Waals surface area contributed by atoms with Gasteiger partial charge in [-0.2, -0.15) is 0 Å². The third-order valence-electron chi connectivity index (χ3n) is 5.65. The highest BCUT2D eigenvalue weighted by atomic mass is 16.5. The molecule has 5 nitrogen and oxygen atoms in total. The highest BCUT2D eigenvalue weighted by Gasteiger charge is 2.27. The molecule has 0 bridgehead atoms. The van der Waals surface area contributed by atoms with Gasteiger partial charge >= 0.3 is 0 Å². The molecule has 0 spiro atoms. The van der Waals surface area contributed by atoms with Crippen LogP contribution in [0.5, 0.6) is 5.75 Å². The zero-order valence-corrected chi connectivity index (χ0v) is 17.9. The standard InChI is InChI=1S/C24H33N3O2/c1-4-29-22-13-7-19(8-14-22)17-24(28)25-18-23(27-15-5-6-16-27)20-9-11-21(12-10-20)26(2)3/h7-14,23H,4-6,15-18H2,1-3H3,(H,25,28)/p+1/t23-/m1/s1. The van der Waals surface area contributed by atoms with E-state index in [0.717, 1.165) is 11.3 Å². The SMILES string of the molecule is CCOc1ccc(CC(=O)NC[C@H](c2ccc(N(C)C)cc2)[NH+]2CCCC2)cc1. The van der Waals surface area contributed by atoms with Gasteiger partial charge in [-0.25, -0.2) is 0 Å². The molecule has 1 aliphatic rings. The van der Waals surface area contributed by atoms with E-state index in [2.05, 4.69) is 48.6 Å². The van der Waals surface area contributed by atoms with Gasteiger partial charge in [-0.15, -0.1) is 0 Å². The Morgan fingerprint density at radius 2 is 1.72 bits per heavy atom. The van der Waals surface area contributed by atoms with E-state index in [4.69, 9.17) is 4.74 Å². The van der Waals surface area contributed by atoms with Gasteiger partial charge in [-0.3, -0.25) is 4.79 Å². The molecule has 1 aliphatic heterocycles. The van der Waals surface area contributed by atoms with Crippen molar-refractivity contribution in [3.63, 3.8) is 0 Å². The number of carbonyl (C=O) groups excluding carboxylic acids is 1. The highest BCUT2D eigenvalue weighted by Crippen LogP contribution is 2.17. The molecule has 29 heavy (non-hydrogen) atoms. The summed E-state index contributed by atoms with van der Waals surface area (Å²) in [6.07, 6.45) is 2.93. The average molecular weight is 397 g/mol. The molecule has 1 amide bonds. The Morgan fingerprint density at radius 1 is 1.07 bits per heavy atom. The number of quaternary nitrogens is 1. The van der Waals surface area contributed by atoms with Crippen molar-refractivity contribution >= 4 is 11.6 Å². The van der Waals surface area contributed by atoms with E-state index < -0.39 is 0 Å². The van der Waals surface area contributed by atoms with Crippen molar-refractivity contribution < 1.29 is 14.4 Å². The van der Waals surface area contributed by atoms with Crippen LogP contribution in [0, 0.1) is 0 Å². The van der Waals surface area contributed by atoms with Gasteiger partial charge in [-0.1, -0.05) is 24.3 Å². The smallest absolute Gasteiger partial charge is 0.224 e. The Bertz CT molecular complexity index is 766. The highest BCUT2D eigenvalue weighted by molar-refractivity contribution is 5.78. The average Bonchev–Trinajstić information content (AvgIpc) is 3.25. The van der Waals surface area contributed by atoms with Crippen molar-refractivity contribution in [1.82, 2.24) is 5.32 Å². The van der Waals surface area contributed by atoms with Crippen LogP contribution in [0.15, 0.2) is 48.5 Å². The van der Waals surface area contributed by atoms with E-state index in [1.165, 1.54) is 37.2 Å². The van der Waals surface area contributed by atoms with Crippen LogP contribution in [0.2, 0.25) is 0 Å². The number of nitrogens with one attached hydrogen (secondary N) is 2. The molecule has 0 radical (unpaired) electrons. The van der Waals surface area contributed by atoms with E-state index in [-0.39, 0.29) is 5.91 Å². The van der Waals surface area contributed by atoms with Gasteiger partial charge in [0.25, 0.3) is 0 Å². The van der Waals surface area contributed by atoms with Crippen LogP contribution >= 0.6 is 0 Å². The molecule has 0 aliphatic carbocycles. The van der Waals surface area contributed by atoms with Crippen molar-refractivity contribution in [2.24, 2.45) is 0 Å². The van der Waals surface area contributed by atoms with Crippen LogP contribution < -0.4 is 19.9 Å². The second kappa shape index (κ2) is 10.3. The first-order chi connectivity index (χ1) is 14.1. The second-order valence-corrected chi connectivity index (χ2v) is 7.96. The van der Waals surface area contributed by atoms with Crippen molar-refractivity contribution in [1.29, 1.82) is 0 Å². The minimum Gasteiger partial charge on any atom is -0.494 e. The molecular formula is C24H34N3O2+. The summed E-state index contributed by atoms with van der Waals surface area (Å²) >= 11 is 0.